The van der Waals surface area contributed by atoms with Crippen LogP contribution in [0.25, 0.3) is 16.7 Å². The lowest BCUT2D eigenvalue weighted by Gasteiger charge is -2.32. The van der Waals surface area contributed by atoms with Crippen LogP contribution < -0.4 is 5.32 Å². The third-order valence-corrected chi connectivity index (χ3v) is 5.52. The number of nitrogens with one attached hydrogen (secondary N) is 1. The zero-order valence-electron chi connectivity index (χ0n) is 17.0. The van der Waals surface area contributed by atoms with Gasteiger partial charge in [0.15, 0.2) is 11.3 Å². The quantitative estimate of drug-likeness (QED) is 0.571. The van der Waals surface area contributed by atoms with Crippen LogP contribution in [0.3, 0.4) is 0 Å². The molecule has 1 aliphatic rings. The van der Waals surface area contributed by atoms with Crippen molar-refractivity contribution in [2.75, 3.05) is 5.32 Å². The van der Waals surface area contributed by atoms with Crippen molar-refractivity contribution in [2.24, 2.45) is 0 Å². The van der Waals surface area contributed by atoms with Gasteiger partial charge in [0.1, 0.15) is 6.33 Å². The van der Waals surface area contributed by atoms with Gasteiger partial charge in [0.2, 0.25) is 5.95 Å². The predicted octanol–water partition coefficient (Wildman–Crippen LogP) is 3.36. The van der Waals surface area contributed by atoms with Crippen LogP contribution in [0.4, 0.5) is 11.6 Å². The number of ether oxygens (including phenoxy) is 1. The summed E-state index contributed by atoms with van der Waals surface area (Å²) in [4.78, 5) is 13.6. The molecule has 0 spiro atoms. The Kier molecular flexibility index (Phi) is 4.20. The number of anilines is 2. The molecule has 0 radical (unpaired) electrons. The SMILES string of the molecule is Cc1cc2ncnn2cc1Nc1ncc2c(C)nn(C3CC(C)OC(C)C3)c2n1. The lowest BCUT2D eigenvalue weighted by molar-refractivity contribution is -0.0500. The molecular formula is C20H24N8O. The fourth-order valence-corrected chi connectivity index (χ4v) is 4.16. The molecule has 2 atom stereocenters. The van der Waals surface area contributed by atoms with Crippen molar-refractivity contribution in [3.63, 3.8) is 0 Å². The average molecular weight is 392 g/mol. The van der Waals surface area contributed by atoms with Gasteiger partial charge in [0.25, 0.3) is 0 Å². The van der Waals surface area contributed by atoms with Crippen LogP contribution in [0, 0.1) is 13.8 Å². The first-order valence-corrected chi connectivity index (χ1v) is 9.92. The third-order valence-electron chi connectivity index (χ3n) is 5.52. The largest absolute Gasteiger partial charge is 0.375 e. The van der Waals surface area contributed by atoms with Gasteiger partial charge in [-0.3, -0.25) is 0 Å². The van der Waals surface area contributed by atoms with E-state index in [0.29, 0.717) is 5.95 Å². The first kappa shape index (κ1) is 18.0. The highest BCUT2D eigenvalue weighted by Gasteiger charge is 2.28. The molecular weight excluding hydrogens is 368 g/mol. The van der Waals surface area contributed by atoms with Crippen LogP contribution in [-0.2, 0) is 4.74 Å². The highest BCUT2D eigenvalue weighted by molar-refractivity contribution is 5.79. The van der Waals surface area contributed by atoms with Gasteiger partial charge in [-0.1, -0.05) is 0 Å². The van der Waals surface area contributed by atoms with E-state index in [4.69, 9.17) is 14.8 Å². The van der Waals surface area contributed by atoms with Gasteiger partial charge in [0.05, 0.1) is 41.2 Å². The van der Waals surface area contributed by atoms with E-state index in [9.17, 15) is 0 Å². The van der Waals surface area contributed by atoms with E-state index in [2.05, 4.69) is 38.9 Å². The molecule has 9 heteroatoms. The number of pyridine rings is 1. The average Bonchev–Trinajstić information content (AvgIpc) is 3.25. The standard InChI is InChI=1S/C20H24N8O/c1-11-5-18-22-10-23-27(18)9-17(11)24-20-21-8-16-14(4)26-28(19(16)25-20)15-6-12(2)29-13(3)7-15/h5,8-10,12-13,15H,6-7H2,1-4H3,(H,21,24,25). The number of nitrogens with zero attached hydrogens (tertiary/aromatic N) is 7. The molecule has 4 aromatic heterocycles. The van der Waals surface area contributed by atoms with E-state index in [1.807, 2.05) is 32.3 Å². The van der Waals surface area contributed by atoms with Crippen molar-refractivity contribution < 1.29 is 4.74 Å². The van der Waals surface area contributed by atoms with E-state index < -0.39 is 0 Å². The smallest absolute Gasteiger partial charge is 0.229 e. The number of aryl methyl sites for hydroxylation is 2. The number of hydrogen-bond donors (Lipinski definition) is 1. The summed E-state index contributed by atoms with van der Waals surface area (Å²) in [5.74, 6) is 0.536. The monoisotopic (exact) mass is 392 g/mol. The third kappa shape index (κ3) is 3.21. The molecule has 0 saturated carbocycles. The van der Waals surface area contributed by atoms with Crippen LogP contribution >= 0.6 is 0 Å². The van der Waals surface area contributed by atoms with Gasteiger partial charge < -0.3 is 10.1 Å². The number of hydrogen-bond acceptors (Lipinski definition) is 7. The Morgan fingerprint density at radius 2 is 1.93 bits per heavy atom. The Morgan fingerprint density at radius 1 is 1.14 bits per heavy atom. The Hall–Kier alpha value is -3.07. The van der Waals surface area contributed by atoms with Crippen molar-refractivity contribution in [3.8, 4) is 0 Å². The first-order chi connectivity index (χ1) is 14.0. The Balaban J connectivity index is 1.53. The summed E-state index contributed by atoms with van der Waals surface area (Å²) in [6, 6.07) is 2.24. The topological polar surface area (TPSA) is 95.1 Å². The van der Waals surface area contributed by atoms with Gasteiger partial charge >= 0.3 is 0 Å². The second-order valence-electron chi connectivity index (χ2n) is 7.90. The molecule has 1 N–H and O–H groups in total. The van der Waals surface area contributed by atoms with E-state index >= 15 is 0 Å². The van der Waals surface area contributed by atoms with Crippen LogP contribution in [0.5, 0.6) is 0 Å². The lowest BCUT2D eigenvalue weighted by Crippen LogP contribution is -2.31. The van der Waals surface area contributed by atoms with Crippen LogP contribution in [0.2, 0.25) is 0 Å². The lowest BCUT2D eigenvalue weighted by atomic mass is 10.00. The van der Waals surface area contributed by atoms with E-state index in [-0.39, 0.29) is 18.2 Å². The summed E-state index contributed by atoms with van der Waals surface area (Å²) in [5.41, 5.74) is 4.54. The van der Waals surface area contributed by atoms with Crippen molar-refractivity contribution in [3.05, 3.63) is 36.0 Å². The van der Waals surface area contributed by atoms with Crippen molar-refractivity contribution in [1.82, 2.24) is 34.3 Å². The molecule has 0 bridgehead atoms. The second-order valence-corrected chi connectivity index (χ2v) is 7.90. The summed E-state index contributed by atoms with van der Waals surface area (Å²) in [5, 5.41) is 13.3. The van der Waals surface area contributed by atoms with E-state index in [0.717, 1.165) is 46.5 Å². The molecule has 1 fully saturated rings. The second kappa shape index (κ2) is 6.77. The van der Waals surface area contributed by atoms with Crippen LogP contribution in [-0.4, -0.2) is 46.6 Å². The van der Waals surface area contributed by atoms with Gasteiger partial charge in [-0.25, -0.2) is 19.2 Å². The van der Waals surface area contributed by atoms with E-state index in [1.165, 1.54) is 6.33 Å². The Morgan fingerprint density at radius 3 is 2.72 bits per heavy atom. The molecule has 9 nitrogen and oxygen atoms in total. The van der Waals surface area contributed by atoms with Gasteiger partial charge in [-0.2, -0.15) is 15.2 Å². The molecule has 1 saturated heterocycles. The minimum atomic E-state index is 0.208. The maximum atomic E-state index is 5.90. The summed E-state index contributed by atoms with van der Waals surface area (Å²) in [7, 11) is 0. The maximum absolute atomic E-state index is 5.90. The van der Waals surface area contributed by atoms with Crippen molar-refractivity contribution in [2.45, 2.75) is 58.8 Å². The van der Waals surface area contributed by atoms with Gasteiger partial charge in [-0.15, -0.1) is 0 Å². The number of rotatable bonds is 3. The fraction of sp³-hybridized carbons (Fsp3) is 0.450. The highest BCUT2D eigenvalue weighted by Crippen LogP contribution is 2.32. The molecule has 0 aliphatic carbocycles. The summed E-state index contributed by atoms with van der Waals surface area (Å²) in [6.07, 6.45) is 7.55. The summed E-state index contributed by atoms with van der Waals surface area (Å²) < 4.78 is 9.69. The first-order valence-electron chi connectivity index (χ1n) is 9.92. The van der Waals surface area contributed by atoms with E-state index in [1.54, 1.807) is 4.52 Å². The van der Waals surface area contributed by atoms with Gasteiger partial charge in [0, 0.05) is 6.20 Å². The predicted molar refractivity (Wildman–Crippen MR) is 109 cm³/mol. The molecule has 5 rings (SSSR count). The molecule has 4 aromatic rings. The normalized spacial score (nSPS) is 22.4. The molecule has 150 valence electrons. The van der Waals surface area contributed by atoms with Crippen molar-refractivity contribution in [1.29, 1.82) is 0 Å². The number of aromatic nitrogens is 7. The zero-order chi connectivity index (χ0) is 20.1. The minimum absolute atomic E-state index is 0.208. The zero-order valence-corrected chi connectivity index (χ0v) is 17.0. The summed E-state index contributed by atoms with van der Waals surface area (Å²) >= 11 is 0. The van der Waals surface area contributed by atoms with Gasteiger partial charge in [-0.05, 0) is 52.2 Å². The molecule has 1 aliphatic heterocycles. The molecule has 29 heavy (non-hydrogen) atoms. The highest BCUT2D eigenvalue weighted by atomic mass is 16.5. The van der Waals surface area contributed by atoms with Crippen molar-refractivity contribution >= 4 is 28.3 Å². The number of fused-ring (bicyclic) bond motifs is 2. The molecule has 0 aromatic carbocycles. The van der Waals surface area contributed by atoms with Crippen LogP contribution in [0.15, 0.2) is 24.8 Å². The molecule has 5 heterocycles. The molecule has 0 amide bonds. The summed E-state index contributed by atoms with van der Waals surface area (Å²) in [6.45, 7) is 8.26. The Labute approximate surface area is 168 Å². The minimum Gasteiger partial charge on any atom is -0.375 e. The fourth-order valence-electron chi connectivity index (χ4n) is 4.16. The Bertz CT molecular complexity index is 1190. The van der Waals surface area contributed by atoms with Crippen LogP contribution in [0.1, 0.15) is 44.0 Å². The maximum Gasteiger partial charge on any atom is 0.229 e. The molecule has 2 unspecified atom stereocenters.